The minimum Gasteiger partial charge on any atom is -0.481 e. The normalized spacial score (nSPS) is 10.4. The van der Waals surface area contributed by atoms with E-state index in [2.05, 4.69) is 14.7 Å². The van der Waals surface area contributed by atoms with Gasteiger partial charge in [-0.2, -0.15) is 0 Å². The maximum Gasteiger partial charge on any atom is 0.263 e. The molecule has 1 aromatic heterocycles. The summed E-state index contributed by atoms with van der Waals surface area (Å²) in [6, 6.07) is 7.23. The molecule has 0 unspecified atom stereocenters. The Morgan fingerprint density at radius 2 is 1.85 bits per heavy atom. The Hall–Kier alpha value is -2.39. The Bertz CT molecular complexity index is 673. The van der Waals surface area contributed by atoms with Crippen molar-refractivity contribution in [2.24, 2.45) is 0 Å². The van der Waals surface area contributed by atoms with Crippen LogP contribution in [0, 0.1) is 0 Å². The van der Waals surface area contributed by atoms with Crippen molar-refractivity contribution < 1.29 is 18.6 Å². The first-order valence-corrected chi connectivity index (χ1v) is 6.74. The van der Waals surface area contributed by atoms with Crippen LogP contribution in [0.3, 0.4) is 0 Å². The minimum absolute atomic E-state index is 0. The molecule has 0 aliphatic rings. The molecule has 20 heavy (non-hydrogen) atoms. The third kappa shape index (κ3) is 3.56. The highest BCUT2D eigenvalue weighted by Crippen LogP contribution is 2.17. The number of sulfonamides is 1. The molecular formula is C11H14N4O4S. The van der Waals surface area contributed by atoms with Gasteiger partial charge in [0.2, 0.25) is 5.88 Å². The van der Waals surface area contributed by atoms with Gasteiger partial charge in [-0.05, 0) is 24.3 Å². The third-order valence-corrected chi connectivity index (χ3v) is 3.65. The highest BCUT2D eigenvalue weighted by Gasteiger charge is 2.15. The van der Waals surface area contributed by atoms with E-state index in [1.54, 1.807) is 0 Å². The Balaban J connectivity index is 0.00000200. The molecule has 0 saturated carbocycles. The second-order valence-electron chi connectivity index (χ2n) is 3.62. The summed E-state index contributed by atoms with van der Waals surface area (Å²) in [6.07, 6.45) is 1.21. The van der Waals surface area contributed by atoms with E-state index in [1.165, 1.54) is 43.8 Å². The van der Waals surface area contributed by atoms with Crippen molar-refractivity contribution in [2.45, 2.75) is 4.90 Å². The number of hydrogen-bond donors (Lipinski definition) is 2. The topological polar surface area (TPSA) is 139 Å². The number of rotatable bonds is 4. The maximum absolute atomic E-state index is 12.1. The number of nitrogens with zero attached hydrogens (tertiary/aromatic N) is 2. The van der Waals surface area contributed by atoms with Gasteiger partial charge in [0.1, 0.15) is 12.1 Å². The first kappa shape index (κ1) is 15.7. The average Bonchev–Trinajstić information content (AvgIpc) is 2.39. The van der Waals surface area contributed by atoms with Crippen molar-refractivity contribution in [1.82, 2.24) is 9.97 Å². The van der Waals surface area contributed by atoms with Crippen LogP contribution in [0.15, 0.2) is 41.6 Å². The van der Waals surface area contributed by atoms with Crippen LogP contribution in [-0.4, -0.2) is 31.0 Å². The van der Waals surface area contributed by atoms with Gasteiger partial charge in [-0.25, -0.2) is 18.4 Å². The molecular weight excluding hydrogens is 290 g/mol. The van der Waals surface area contributed by atoms with Gasteiger partial charge in [0.05, 0.1) is 12.0 Å². The smallest absolute Gasteiger partial charge is 0.263 e. The van der Waals surface area contributed by atoms with Crippen molar-refractivity contribution >= 4 is 21.5 Å². The number of nitrogens with two attached hydrogens (primary N) is 1. The first-order valence-electron chi connectivity index (χ1n) is 5.25. The fourth-order valence-corrected chi connectivity index (χ4v) is 2.35. The Kier molecular flexibility index (Phi) is 4.83. The fraction of sp³-hybridized carbons (Fsp3) is 0.0909. The summed E-state index contributed by atoms with van der Waals surface area (Å²) >= 11 is 0. The molecule has 9 heteroatoms. The molecule has 0 spiro atoms. The zero-order valence-corrected chi connectivity index (χ0v) is 11.4. The van der Waals surface area contributed by atoms with E-state index >= 15 is 0 Å². The van der Waals surface area contributed by atoms with Gasteiger partial charge in [-0.1, -0.05) is 0 Å². The number of nitrogens with one attached hydrogen (secondary N) is 1. The van der Waals surface area contributed by atoms with Crippen LogP contribution in [0.5, 0.6) is 5.88 Å². The molecule has 1 heterocycles. The third-order valence-electron chi connectivity index (χ3n) is 2.28. The number of nitrogen functional groups attached to an aromatic ring is 1. The van der Waals surface area contributed by atoms with Crippen LogP contribution in [0.2, 0.25) is 0 Å². The van der Waals surface area contributed by atoms with Crippen LogP contribution >= 0.6 is 0 Å². The van der Waals surface area contributed by atoms with Crippen LogP contribution in [0.1, 0.15) is 0 Å². The van der Waals surface area contributed by atoms with Crippen molar-refractivity contribution in [3.05, 3.63) is 36.7 Å². The molecule has 0 amide bonds. The van der Waals surface area contributed by atoms with Crippen LogP contribution < -0.4 is 15.2 Å². The molecule has 0 bridgehead atoms. The van der Waals surface area contributed by atoms with E-state index < -0.39 is 10.0 Å². The number of benzene rings is 1. The molecule has 0 saturated heterocycles. The maximum atomic E-state index is 12.1. The SMILES string of the molecule is COc1cc(NS(=O)(=O)[13c]2[13cH][13cH][13c](N)[13cH][13cH]2)ncn1.O. The molecule has 2 rings (SSSR count). The number of ether oxygens (including phenoxy) is 1. The lowest BCUT2D eigenvalue weighted by molar-refractivity contribution is 0.397. The quantitative estimate of drug-likeness (QED) is 0.765. The van der Waals surface area contributed by atoms with Gasteiger partial charge < -0.3 is 15.9 Å². The number of aromatic nitrogens is 2. The average molecular weight is 304 g/mol. The Morgan fingerprint density at radius 3 is 2.45 bits per heavy atom. The van der Waals surface area contributed by atoms with E-state index in [1.807, 2.05) is 0 Å². The standard InChI is InChI=1S/C11H12N4O3S.H2O/c1-18-11-6-10(13-7-14-11)15-19(16,17)9-4-2-8(12)3-5-9;/h2-7H,12H2,1H3,(H,13,14,15);1H2/i2+1,3+1,4+1,5+1,8+1,9+1;. The molecule has 0 aliphatic carbocycles. The second kappa shape index (κ2) is 6.17. The summed E-state index contributed by atoms with van der Waals surface area (Å²) in [5.74, 6) is 0.397. The monoisotopic (exact) mass is 304 g/mol. The largest absolute Gasteiger partial charge is 0.481 e. The fourth-order valence-electron chi connectivity index (χ4n) is 1.35. The summed E-state index contributed by atoms with van der Waals surface area (Å²) < 4.78 is 31.3. The van der Waals surface area contributed by atoms with E-state index in [4.69, 9.17) is 10.5 Å². The van der Waals surface area contributed by atoms with E-state index in [-0.39, 0.29) is 22.1 Å². The molecule has 0 atom stereocenters. The lowest BCUT2D eigenvalue weighted by Crippen LogP contribution is -2.14. The summed E-state index contributed by atoms with van der Waals surface area (Å²) in [6.45, 7) is 0. The molecule has 108 valence electrons. The van der Waals surface area contributed by atoms with E-state index in [0.717, 1.165) is 0 Å². The molecule has 0 aliphatic heterocycles. The van der Waals surface area contributed by atoms with Crippen molar-refractivity contribution in [1.29, 1.82) is 0 Å². The highest BCUT2D eigenvalue weighted by atomic mass is 32.2. The van der Waals surface area contributed by atoms with Crippen molar-refractivity contribution in [2.75, 3.05) is 17.6 Å². The van der Waals surface area contributed by atoms with E-state index in [0.29, 0.717) is 5.69 Å². The number of hydrogen-bond acceptors (Lipinski definition) is 6. The number of methoxy groups -OCH3 is 1. The lowest BCUT2D eigenvalue weighted by atomic mass is 10.6. The molecule has 5 N–H and O–H groups in total. The Labute approximate surface area is 116 Å². The Morgan fingerprint density at radius 1 is 1.20 bits per heavy atom. The van der Waals surface area contributed by atoms with Gasteiger partial charge in [-0.3, -0.25) is 4.72 Å². The predicted molar refractivity (Wildman–Crippen MR) is 73.9 cm³/mol. The van der Waals surface area contributed by atoms with E-state index in [9.17, 15) is 8.42 Å². The van der Waals surface area contributed by atoms with Crippen LogP contribution in [0.4, 0.5) is 11.5 Å². The van der Waals surface area contributed by atoms with Crippen molar-refractivity contribution in [3.63, 3.8) is 0 Å². The molecule has 0 radical (unpaired) electrons. The van der Waals surface area contributed by atoms with Crippen LogP contribution in [0.25, 0.3) is 0 Å². The molecule has 0 fully saturated rings. The number of anilines is 2. The minimum atomic E-state index is -3.71. The lowest BCUT2D eigenvalue weighted by Gasteiger charge is -2.08. The zero-order chi connectivity index (χ0) is 13.9. The van der Waals surface area contributed by atoms with Gasteiger partial charge in [0, 0.05) is 11.8 Å². The summed E-state index contributed by atoms with van der Waals surface area (Å²) in [7, 11) is -2.28. The van der Waals surface area contributed by atoms with Crippen LogP contribution in [-0.2, 0) is 10.0 Å². The van der Waals surface area contributed by atoms with Gasteiger partial charge in [-0.15, -0.1) is 0 Å². The summed E-state index contributed by atoms with van der Waals surface area (Å²) in [4.78, 5) is 7.69. The van der Waals surface area contributed by atoms with Gasteiger partial charge in [0.25, 0.3) is 10.0 Å². The highest BCUT2D eigenvalue weighted by molar-refractivity contribution is 7.92. The van der Waals surface area contributed by atoms with Crippen molar-refractivity contribution in [3.8, 4) is 5.88 Å². The predicted octanol–water partition coefficient (Wildman–Crippen LogP) is 0.0435. The molecule has 2 aromatic rings. The first-order chi connectivity index (χ1) is 9.01. The summed E-state index contributed by atoms with van der Waals surface area (Å²) in [5, 5.41) is 0. The second-order valence-corrected chi connectivity index (χ2v) is 5.30. The summed E-state index contributed by atoms with van der Waals surface area (Å²) in [5.41, 5.74) is 6.00. The van der Waals surface area contributed by atoms with Gasteiger partial charge >= 0.3 is 0 Å². The molecule has 8 nitrogen and oxygen atoms in total. The van der Waals surface area contributed by atoms with Gasteiger partial charge in [0.15, 0.2) is 0 Å². The zero-order valence-electron chi connectivity index (χ0n) is 10.6. The molecule has 1 aromatic carbocycles.